The molecule has 0 unspecified atom stereocenters. The van der Waals surface area contributed by atoms with Gasteiger partial charge in [-0.2, -0.15) is 0 Å². The summed E-state index contributed by atoms with van der Waals surface area (Å²) in [5.74, 6) is 0.295. The molecule has 1 aliphatic rings. The predicted octanol–water partition coefficient (Wildman–Crippen LogP) is 6.04. The summed E-state index contributed by atoms with van der Waals surface area (Å²) in [6.07, 6.45) is 0. The summed E-state index contributed by atoms with van der Waals surface area (Å²) in [6, 6.07) is 18.4. The number of fused-ring (bicyclic) bond motifs is 2. The quantitative estimate of drug-likeness (QED) is 0.361. The molecule has 162 valence electrons. The van der Waals surface area contributed by atoms with Crippen molar-refractivity contribution in [1.82, 2.24) is 4.57 Å². The lowest BCUT2D eigenvalue weighted by atomic mass is 10.1. The molecule has 0 fully saturated rings. The van der Waals surface area contributed by atoms with Gasteiger partial charge in [-0.25, -0.2) is 4.79 Å². The average molecular weight is 469 g/mol. The zero-order valence-corrected chi connectivity index (χ0v) is 18.3. The second-order valence-electron chi connectivity index (χ2n) is 7.44. The second-order valence-corrected chi connectivity index (χ2v) is 8.28. The zero-order valence-electron chi connectivity index (χ0n) is 16.8. The van der Waals surface area contributed by atoms with E-state index in [2.05, 4.69) is 5.32 Å². The van der Waals surface area contributed by atoms with E-state index in [4.69, 9.17) is 32.7 Å². The van der Waals surface area contributed by atoms with E-state index in [0.29, 0.717) is 34.6 Å². The highest BCUT2D eigenvalue weighted by Gasteiger charge is 2.19. The first-order valence-corrected chi connectivity index (χ1v) is 10.7. The Morgan fingerprint density at radius 1 is 1.03 bits per heavy atom. The summed E-state index contributed by atoms with van der Waals surface area (Å²) in [6.45, 7) is 1.01. The molecule has 32 heavy (non-hydrogen) atoms. The van der Waals surface area contributed by atoms with Crippen molar-refractivity contribution in [2.24, 2.45) is 0 Å². The van der Waals surface area contributed by atoms with Gasteiger partial charge in [0.2, 0.25) is 6.79 Å². The number of carbonyl (C=O) groups is 1. The van der Waals surface area contributed by atoms with Crippen LogP contribution in [-0.2, 0) is 13.1 Å². The van der Waals surface area contributed by atoms with E-state index in [1.165, 1.54) is 0 Å². The molecule has 0 radical (unpaired) electrons. The Hall–Kier alpha value is -3.35. The van der Waals surface area contributed by atoms with Gasteiger partial charge < -0.3 is 24.5 Å². The Balaban J connectivity index is 1.49. The lowest BCUT2D eigenvalue weighted by Crippen LogP contribution is -2.09. The molecule has 0 atom stereocenters. The van der Waals surface area contributed by atoms with E-state index in [9.17, 15) is 9.90 Å². The van der Waals surface area contributed by atoms with Crippen molar-refractivity contribution in [3.63, 3.8) is 0 Å². The van der Waals surface area contributed by atoms with Crippen LogP contribution in [0.15, 0.2) is 60.7 Å². The summed E-state index contributed by atoms with van der Waals surface area (Å²) < 4.78 is 12.6. The number of carboxylic acid groups (broad SMARTS) is 1. The molecule has 1 aromatic heterocycles. The maximum absolute atomic E-state index is 12.0. The first-order chi connectivity index (χ1) is 15.5. The minimum absolute atomic E-state index is 0.181. The van der Waals surface area contributed by atoms with E-state index in [-0.39, 0.29) is 12.5 Å². The minimum atomic E-state index is -0.993. The maximum atomic E-state index is 12.0. The van der Waals surface area contributed by atoms with Crippen LogP contribution in [-0.4, -0.2) is 22.4 Å². The normalized spacial score (nSPS) is 12.3. The van der Waals surface area contributed by atoms with Gasteiger partial charge in [-0.1, -0.05) is 41.4 Å². The number of hydrogen-bond acceptors (Lipinski definition) is 4. The molecule has 2 heterocycles. The molecule has 1 aliphatic heterocycles. The number of benzene rings is 3. The third-order valence-corrected chi connectivity index (χ3v) is 5.99. The molecule has 0 spiro atoms. The van der Waals surface area contributed by atoms with Crippen LogP contribution in [0.25, 0.3) is 10.9 Å². The largest absolute Gasteiger partial charge is 0.477 e. The lowest BCUT2D eigenvalue weighted by Gasteiger charge is -2.12. The molecule has 0 amide bonds. The molecule has 8 heteroatoms. The number of halogens is 2. The number of nitrogens with one attached hydrogen (secondary N) is 1. The van der Waals surface area contributed by atoms with Gasteiger partial charge in [0.05, 0.1) is 5.52 Å². The standard InChI is InChI=1S/C24H18Cl2N2O4/c25-16-4-1-3-14(7-16)12-28-20-6-2-5-19(17(20)9-21(28)24(29)30)27-11-15-8-22-23(10-18(15)26)32-13-31-22/h1-10,27H,11-13H2,(H,29,30). The number of nitrogens with zero attached hydrogens (tertiary/aromatic N) is 1. The molecule has 3 aromatic carbocycles. The molecule has 0 saturated heterocycles. The molecule has 5 rings (SSSR count). The van der Waals surface area contributed by atoms with Crippen LogP contribution in [0.5, 0.6) is 11.5 Å². The van der Waals surface area contributed by atoms with E-state index < -0.39 is 5.97 Å². The van der Waals surface area contributed by atoms with Crippen LogP contribution in [0.2, 0.25) is 10.0 Å². The molecule has 2 N–H and O–H groups in total. The van der Waals surface area contributed by atoms with Gasteiger partial charge in [0, 0.05) is 40.3 Å². The average Bonchev–Trinajstić information content (AvgIpc) is 3.37. The van der Waals surface area contributed by atoms with Crippen LogP contribution in [0.4, 0.5) is 5.69 Å². The van der Waals surface area contributed by atoms with Gasteiger partial charge in [-0.15, -0.1) is 0 Å². The maximum Gasteiger partial charge on any atom is 0.352 e. The van der Waals surface area contributed by atoms with Crippen molar-refractivity contribution in [3.8, 4) is 11.5 Å². The fourth-order valence-electron chi connectivity index (χ4n) is 3.89. The Morgan fingerprint density at radius 3 is 2.59 bits per heavy atom. The molecule has 0 bridgehead atoms. The minimum Gasteiger partial charge on any atom is -0.477 e. The molecular formula is C24H18Cl2N2O4. The molecular weight excluding hydrogens is 451 g/mol. The monoisotopic (exact) mass is 468 g/mol. The third-order valence-electron chi connectivity index (χ3n) is 5.41. The SMILES string of the molecule is O=C(O)c1cc2c(NCc3cc4c(cc3Cl)OCO4)cccc2n1Cc1cccc(Cl)c1. The second kappa shape index (κ2) is 8.30. The van der Waals surface area contributed by atoms with Crippen LogP contribution < -0.4 is 14.8 Å². The van der Waals surface area contributed by atoms with Gasteiger partial charge in [0.25, 0.3) is 0 Å². The van der Waals surface area contributed by atoms with E-state index >= 15 is 0 Å². The lowest BCUT2D eigenvalue weighted by molar-refractivity contribution is 0.0686. The van der Waals surface area contributed by atoms with Crippen LogP contribution in [0.1, 0.15) is 21.6 Å². The highest BCUT2D eigenvalue weighted by Crippen LogP contribution is 2.37. The summed E-state index contributed by atoms with van der Waals surface area (Å²) in [5, 5.41) is 15.2. The van der Waals surface area contributed by atoms with Gasteiger partial charge in [0.15, 0.2) is 11.5 Å². The van der Waals surface area contributed by atoms with Gasteiger partial charge >= 0.3 is 5.97 Å². The highest BCUT2D eigenvalue weighted by molar-refractivity contribution is 6.31. The number of rotatable bonds is 6. The molecule has 6 nitrogen and oxygen atoms in total. The van der Waals surface area contributed by atoms with Gasteiger partial charge in [0.1, 0.15) is 5.69 Å². The Bertz CT molecular complexity index is 1350. The van der Waals surface area contributed by atoms with Crippen LogP contribution >= 0.6 is 23.2 Å². The fraction of sp³-hybridized carbons (Fsp3) is 0.125. The molecule has 0 saturated carbocycles. The number of anilines is 1. The van der Waals surface area contributed by atoms with Crippen molar-refractivity contribution < 1.29 is 19.4 Å². The van der Waals surface area contributed by atoms with Crippen molar-refractivity contribution in [1.29, 1.82) is 0 Å². The number of carboxylic acids is 1. The Labute approximate surface area is 193 Å². The van der Waals surface area contributed by atoms with E-state index in [0.717, 1.165) is 27.7 Å². The highest BCUT2D eigenvalue weighted by atomic mass is 35.5. The first kappa shape index (κ1) is 20.5. The number of ether oxygens (including phenoxy) is 2. The first-order valence-electron chi connectivity index (χ1n) is 9.91. The number of aromatic carboxylic acids is 1. The van der Waals surface area contributed by atoms with Crippen molar-refractivity contribution in [2.45, 2.75) is 13.1 Å². The van der Waals surface area contributed by atoms with E-state index in [1.54, 1.807) is 22.8 Å². The fourth-order valence-corrected chi connectivity index (χ4v) is 4.32. The molecule has 4 aromatic rings. The molecule has 0 aliphatic carbocycles. The number of aromatic nitrogens is 1. The Kier molecular flexibility index (Phi) is 5.33. The summed E-state index contributed by atoms with van der Waals surface area (Å²) in [5.41, 5.74) is 3.59. The van der Waals surface area contributed by atoms with Crippen molar-refractivity contribution in [2.75, 3.05) is 12.1 Å². The zero-order chi connectivity index (χ0) is 22.2. The van der Waals surface area contributed by atoms with Crippen LogP contribution in [0, 0.1) is 0 Å². The Morgan fingerprint density at radius 2 is 1.81 bits per heavy atom. The number of hydrogen-bond donors (Lipinski definition) is 2. The predicted molar refractivity (Wildman–Crippen MR) is 124 cm³/mol. The topological polar surface area (TPSA) is 72.7 Å². The summed E-state index contributed by atoms with van der Waals surface area (Å²) in [4.78, 5) is 12.0. The smallest absolute Gasteiger partial charge is 0.352 e. The summed E-state index contributed by atoms with van der Waals surface area (Å²) >= 11 is 12.5. The van der Waals surface area contributed by atoms with Crippen molar-refractivity contribution in [3.05, 3.63) is 87.5 Å². The van der Waals surface area contributed by atoms with E-state index in [1.807, 2.05) is 42.5 Å². The van der Waals surface area contributed by atoms with Crippen molar-refractivity contribution >= 4 is 45.8 Å². The summed E-state index contributed by atoms with van der Waals surface area (Å²) in [7, 11) is 0. The van der Waals surface area contributed by atoms with Crippen LogP contribution in [0.3, 0.4) is 0 Å². The third kappa shape index (κ3) is 3.83. The van der Waals surface area contributed by atoms with Gasteiger partial charge in [-0.05, 0) is 47.5 Å². The van der Waals surface area contributed by atoms with Gasteiger partial charge in [-0.3, -0.25) is 0 Å².